The molecule has 0 aromatic heterocycles. The third kappa shape index (κ3) is 1.51. The van der Waals surface area contributed by atoms with Crippen LogP contribution in [0, 0.1) is 0 Å². The molecule has 0 saturated carbocycles. The fourth-order valence-corrected chi connectivity index (χ4v) is 4.00. The van der Waals surface area contributed by atoms with E-state index in [2.05, 4.69) is 36.6 Å². The van der Waals surface area contributed by atoms with Gasteiger partial charge in [-0.1, -0.05) is 30.3 Å². The number of hydrogen-bond donors (Lipinski definition) is 0. The van der Waals surface area contributed by atoms with Crippen molar-refractivity contribution in [2.75, 3.05) is 12.0 Å². The Kier molecular flexibility index (Phi) is 2.40. The Hall–Kier alpha value is -0.430. The molecule has 1 aromatic carbocycles. The standard InChI is InChI=1S/C11H15S/c1-12-9-5-8-11(12)10-6-3-2-4-7-10/h2-4,6-7,11H,5,8-9H2,1H3/q+1. The lowest BCUT2D eigenvalue weighted by atomic mass is 10.1. The van der Waals surface area contributed by atoms with E-state index >= 15 is 0 Å². The summed E-state index contributed by atoms with van der Waals surface area (Å²) in [6.45, 7) is 0. The normalized spacial score (nSPS) is 29.1. The first-order valence-electron chi connectivity index (χ1n) is 4.54. The van der Waals surface area contributed by atoms with Crippen molar-refractivity contribution in [2.24, 2.45) is 0 Å². The van der Waals surface area contributed by atoms with E-state index in [9.17, 15) is 0 Å². The smallest absolute Gasteiger partial charge is 0.0622 e. The SMILES string of the molecule is C[S+]1CCCC1c1ccccc1. The van der Waals surface area contributed by atoms with Crippen LogP contribution in [0.1, 0.15) is 23.7 Å². The van der Waals surface area contributed by atoms with Crippen molar-refractivity contribution in [1.29, 1.82) is 0 Å². The minimum Gasteiger partial charge on any atom is -0.0622 e. The van der Waals surface area contributed by atoms with Gasteiger partial charge in [-0.3, -0.25) is 0 Å². The van der Waals surface area contributed by atoms with Crippen LogP contribution < -0.4 is 0 Å². The van der Waals surface area contributed by atoms with Gasteiger partial charge in [0.25, 0.3) is 0 Å². The van der Waals surface area contributed by atoms with Crippen molar-refractivity contribution < 1.29 is 0 Å². The maximum Gasteiger partial charge on any atom is 0.143 e. The van der Waals surface area contributed by atoms with Crippen molar-refractivity contribution >= 4 is 10.9 Å². The molecule has 2 atom stereocenters. The fraction of sp³-hybridized carbons (Fsp3) is 0.455. The van der Waals surface area contributed by atoms with Crippen LogP contribution in [0.4, 0.5) is 0 Å². The summed E-state index contributed by atoms with van der Waals surface area (Å²) >= 11 is 0. The zero-order valence-electron chi connectivity index (χ0n) is 7.49. The zero-order valence-corrected chi connectivity index (χ0v) is 8.31. The van der Waals surface area contributed by atoms with E-state index in [1.165, 1.54) is 18.6 Å². The summed E-state index contributed by atoms with van der Waals surface area (Å²) in [7, 11) is 0.638. The quantitative estimate of drug-likeness (QED) is 0.582. The summed E-state index contributed by atoms with van der Waals surface area (Å²) in [5.74, 6) is 1.44. The molecule has 0 amide bonds. The second-order valence-corrected chi connectivity index (χ2v) is 5.80. The molecule has 1 heterocycles. The predicted octanol–water partition coefficient (Wildman–Crippen LogP) is 2.77. The van der Waals surface area contributed by atoms with Gasteiger partial charge >= 0.3 is 0 Å². The van der Waals surface area contributed by atoms with Crippen LogP contribution in [0.5, 0.6) is 0 Å². The zero-order chi connectivity index (χ0) is 8.39. The number of rotatable bonds is 1. The van der Waals surface area contributed by atoms with Crippen LogP contribution in [0.25, 0.3) is 0 Å². The lowest BCUT2D eigenvalue weighted by Gasteiger charge is -2.07. The van der Waals surface area contributed by atoms with Crippen molar-refractivity contribution in [1.82, 2.24) is 0 Å². The minimum atomic E-state index is 0.638. The molecule has 1 saturated heterocycles. The van der Waals surface area contributed by atoms with E-state index in [0.29, 0.717) is 10.9 Å². The van der Waals surface area contributed by atoms with Crippen molar-refractivity contribution in [3.05, 3.63) is 35.9 Å². The molecule has 1 aromatic rings. The third-order valence-corrected chi connectivity index (χ3v) is 5.00. The van der Waals surface area contributed by atoms with Crippen LogP contribution in [-0.4, -0.2) is 12.0 Å². The van der Waals surface area contributed by atoms with Crippen LogP contribution in [0.3, 0.4) is 0 Å². The maximum absolute atomic E-state index is 2.41. The molecule has 2 unspecified atom stereocenters. The van der Waals surface area contributed by atoms with Gasteiger partial charge in [-0.15, -0.1) is 0 Å². The highest BCUT2D eigenvalue weighted by Crippen LogP contribution is 2.34. The molecule has 0 spiro atoms. The average Bonchev–Trinajstić information content (AvgIpc) is 2.53. The summed E-state index contributed by atoms with van der Waals surface area (Å²) < 4.78 is 0. The van der Waals surface area contributed by atoms with Gasteiger partial charge < -0.3 is 0 Å². The minimum absolute atomic E-state index is 0.638. The molecule has 1 fully saturated rings. The van der Waals surface area contributed by atoms with Crippen LogP contribution in [0.2, 0.25) is 0 Å². The molecule has 0 nitrogen and oxygen atoms in total. The summed E-state index contributed by atoms with van der Waals surface area (Å²) in [5, 5.41) is 0.867. The molecule has 0 aliphatic carbocycles. The van der Waals surface area contributed by atoms with Gasteiger partial charge in [0, 0.05) is 12.0 Å². The summed E-state index contributed by atoms with van der Waals surface area (Å²) in [5.41, 5.74) is 1.56. The Morgan fingerprint density at radius 2 is 2.00 bits per heavy atom. The third-order valence-electron chi connectivity index (χ3n) is 2.59. The van der Waals surface area contributed by atoms with Gasteiger partial charge in [0.1, 0.15) is 11.0 Å². The Morgan fingerprint density at radius 3 is 2.58 bits per heavy atom. The first kappa shape index (κ1) is 8.18. The van der Waals surface area contributed by atoms with Crippen molar-refractivity contribution in [3.63, 3.8) is 0 Å². The summed E-state index contributed by atoms with van der Waals surface area (Å²) in [6, 6.07) is 11.0. The van der Waals surface area contributed by atoms with Gasteiger partial charge in [0.05, 0.1) is 6.26 Å². The van der Waals surface area contributed by atoms with Gasteiger partial charge in [-0.25, -0.2) is 0 Å². The Bertz CT molecular complexity index is 242. The van der Waals surface area contributed by atoms with Crippen LogP contribution in [-0.2, 0) is 10.9 Å². The van der Waals surface area contributed by atoms with Crippen molar-refractivity contribution in [3.8, 4) is 0 Å². The van der Waals surface area contributed by atoms with Gasteiger partial charge in [-0.2, -0.15) is 0 Å². The van der Waals surface area contributed by atoms with E-state index in [0.717, 1.165) is 5.25 Å². The van der Waals surface area contributed by atoms with E-state index in [4.69, 9.17) is 0 Å². The number of hydrogen-bond acceptors (Lipinski definition) is 0. The number of benzene rings is 1. The van der Waals surface area contributed by atoms with Gasteiger partial charge in [-0.05, 0) is 17.3 Å². The fourth-order valence-electron chi connectivity index (χ4n) is 1.91. The molecule has 1 aliphatic heterocycles. The van der Waals surface area contributed by atoms with E-state index in [1.54, 1.807) is 5.56 Å². The monoisotopic (exact) mass is 179 g/mol. The first-order chi connectivity index (χ1) is 5.88. The topological polar surface area (TPSA) is 0 Å². The van der Waals surface area contributed by atoms with Gasteiger partial charge in [0.2, 0.25) is 0 Å². The predicted molar refractivity (Wildman–Crippen MR) is 56.6 cm³/mol. The Morgan fingerprint density at radius 1 is 1.25 bits per heavy atom. The molecule has 64 valence electrons. The van der Waals surface area contributed by atoms with E-state index < -0.39 is 0 Å². The molecule has 0 N–H and O–H groups in total. The maximum atomic E-state index is 2.41. The van der Waals surface area contributed by atoms with Gasteiger partial charge in [0.15, 0.2) is 0 Å². The second kappa shape index (κ2) is 3.53. The molecular weight excluding hydrogens is 164 g/mol. The molecule has 0 bridgehead atoms. The highest BCUT2D eigenvalue weighted by Gasteiger charge is 2.32. The molecule has 12 heavy (non-hydrogen) atoms. The summed E-state index contributed by atoms with van der Waals surface area (Å²) in [6.07, 6.45) is 5.24. The average molecular weight is 179 g/mol. The highest BCUT2D eigenvalue weighted by molar-refractivity contribution is 7.96. The Labute approximate surface area is 77.3 Å². The van der Waals surface area contributed by atoms with E-state index in [1.807, 2.05) is 0 Å². The summed E-state index contributed by atoms with van der Waals surface area (Å²) in [4.78, 5) is 0. The lowest BCUT2D eigenvalue weighted by Crippen LogP contribution is -2.06. The molecular formula is C11H15S+. The van der Waals surface area contributed by atoms with Crippen LogP contribution >= 0.6 is 0 Å². The van der Waals surface area contributed by atoms with Crippen LogP contribution in [0.15, 0.2) is 30.3 Å². The van der Waals surface area contributed by atoms with E-state index in [-0.39, 0.29) is 0 Å². The first-order valence-corrected chi connectivity index (χ1v) is 6.41. The Balaban J connectivity index is 2.19. The molecule has 1 aliphatic rings. The highest BCUT2D eigenvalue weighted by atomic mass is 32.2. The largest absolute Gasteiger partial charge is 0.143 e. The molecule has 1 heteroatoms. The second-order valence-electron chi connectivity index (χ2n) is 3.44. The van der Waals surface area contributed by atoms with Crippen molar-refractivity contribution in [2.45, 2.75) is 18.1 Å². The lowest BCUT2D eigenvalue weighted by molar-refractivity contribution is 0.828. The molecule has 0 radical (unpaired) electrons. The molecule has 2 rings (SSSR count).